The van der Waals surface area contributed by atoms with E-state index >= 15 is 0 Å². The van der Waals surface area contributed by atoms with Gasteiger partial charge in [-0.3, -0.25) is 0 Å². The van der Waals surface area contributed by atoms with E-state index in [1.807, 2.05) is 6.07 Å². The quantitative estimate of drug-likeness (QED) is 0.822. The van der Waals surface area contributed by atoms with Crippen molar-refractivity contribution in [2.45, 2.75) is 38.1 Å². The fraction of sp³-hybridized carbons (Fsp3) is 0.429. The number of hydrogen-bond donors (Lipinski definition) is 1. The second-order valence-electron chi connectivity index (χ2n) is 4.62. The van der Waals surface area contributed by atoms with Gasteiger partial charge in [-0.15, -0.1) is 0 Å². The van der Waals surface area contributed by atoms with Crippen LogP contribution in [0.4, 0.5) is 4.39 Å². The van der Waals surface area contributed by atoms with Gasteiger partial charge < -0.3 is 5.73 Å². The first-order valence-electron chi connectivity index (χ1n) is 6.05. The average molecular weight is 298 g/mol. The molecule has 1 aromatic carbocycles. The van der Waals surface area contributed by atoms with Crippen LogP contribution in [0, 0.1) is 5.82 Å². The van der Waals surface area contributed by atoms with Crippen molar-refractivity contribution in [3.63, 3.8) is 0 Å². The maximum absolute atomic E-state index is 13.4. The molecule has 1 aromatic rings. The van der Waals surface area contributed by atoms with Crippen LogP contribution in [0.3, 0.4) is 0 Å². The minimum absolute atomic E-state index is 0.167. The summed E-state index contributed by atoms with van der Waals surface area (Å²) < 4.78 is 14.0. The Morgan fingerprint density at radius 3 is 3.00 bits per heavy atom. The highest BCUT2D eigenvalue weighted by atomic mass is 79.9. The molecule has 17 heavy (non-hydrogen) atoms. The molecule has 1 nitrogen and oxygen atoms in total. The highest BCUT2D eigenvalue weighted by Gasteiger charge is 2.11. The monoisotopic (exact) mass is 297 g/mol. The summed E-state index contributed by atoms with van der Waals surface area (Å²) in [5.74, 6) is -0.193. The van der Waals surface area contributed by atoms with Gasteiger partial charge in [0.15, 0.2) is 0 Å². The van der Waals surface area contributed by atoms with Gasteiger partial charge in [-0.1, -0.05) is 30.2 Å². The molecular weight excluding hydrogens is 281 g/mol. The van der Waals surface area contributed by atoms with Gasteiger partial charge in [0.1, 0.15) is 5.82 Å². The van der Waals surface area contributed by atoms with Crippen molar-refractivity contribution in [2.75, 3.05) is 0 Å². The van der Waals surface area contributed by atoms with Crippen molar-refractivity contribution < 1.29 is 4.39 Å². The Bertz CT molecular complexity index is 428. The largest absolute Gasteiger partial charge is 0.324 e. The van der Waals surface area contributed by atoms with Crippen molar-refractivity contribution in [2.24, 2.45) is 5.73 Å². The molecule has 0 saturated heterocycles. The Morgan fingerprint density at radius 1 is 1.35 bits per heavy atom. The third-order valence-corrected chi connectivity index (χ3v) is 4.07. The van der Waals surface area contributed by atoms with Gasteiger partial charge >= 0.3 is 0 Å². The zero-order valence-electron chi connectivity index (χ0n) is 9.76. The number of benzene rings is 1. The predicted octanol–water partition coefficient (Wildman–Crippen LogP) is 3.96. The Labute approximate surface area is 110 Å². The maximum Gasteiger partial charge on any atom is 0.137 e. The van der Waals surface area contributed by atoms with Crippen LogP contribution in [0.2, 0.25) is 0 Å². The van der Waals surface area contributed by atoms with Crippen LogP contribution in [-0.4, -0.2) is 6.04 Å². The van der Waals surface area contributed by atoms with Gasteiger partial charge in [0.25, 0.3) is 0 Å². The van der Waals surface area contributed by atoms with Crippen LogP contribution in [0.1, 0.15) is 31.2 Å². The van der Waals surface area contributed by atoms with E-state index in [4.69, 9.17) is 5.73 Å². The lowest BCUT2D eigenvalue weighted by Gasteiger charge is -2.09. The molecule has 1 atom stereocenters. The molecule has 0 aliphatic heterocycles. The minimum atomic E-state index is -0.193. The highest BCUT2D eigenvalue weighted by Crippen LogP contribution is 2.26. The van der Waals surface area contributed by atoms with E-state index in [1.165, 1.54) is 24.5 Å². The molecular formula is C14H17BrFN. The smallest absolute Gasteiger partial charge is 0.137 e. The third kappa shape index (κ3) is 3.39. The van der Waals surface area contributed by atoms with Gasteiger partial charge in [-0.05, 0) is 53.2 Å². The summed E-state index contributed by atoms with van der Waals surface area (Å²) in [6, 6.07) is 5.36. The summed E-state index contributed by atoms with van der Waals surface area (Å²) in [5.41, 5.74) is 8.32. The lowest BCUT2D eigenvalue weighted by molar-refractivity contribution is 0.618. The van der Waals surface area contributed by atoms with E-state index in [9.17, 15) is 4.39 Å². The van der Waals surface area contributed by atoms with Gasteiger partial charge in [0.05, 0.1) is 4.47 Å². The van der Waals surface area contributed by atoms with Crippen LogP contribution in [0.15, 0.2) is 34.3 Å². The third-order valence-electron chi connectivity index (χ3n) is 3.18. The first kappa shape index (κ1) is 12.8. The van der Waals surface area contributed by atoms with Crippen LogP contribution in [0.5, 0.6) is 0 Å². The van der Waals surface area contributed by atoms with Gasteiger partial charge in [-0.25, -0.2) is 4.39 Å². The van der Waals surface area contributed by atoms with Crippen molar-refractivity contribution in [1.29, 1.82) is 0 Å². The molecule has 0 heterocycles. The van der Waals surface area contributed by atoms with Gasteiger partial charge in [-0.2, -0.15) is 0 Å². The fourth-order valence-electron chi connectivity index (χ4n) is 2.28. The molecule has 0 fully saturated rings. The topological polar surface area (TPSA) is 26.0 Å². The van der Waals surface area contributed by atoms with Crippen molar-refractivity contribution in [1.82, 2.24) is 0 Å². The number of allylic oxidation sites excluding steroid dienone is 1. The first-order valence-corrected chi connectivity index (χ1v) is 6.84. The van der Waals surface area contributed by atoms with Crippen LogP contribution < -0.4 is 5.73 Å². The molecule has 92 valence electrons. The summed E-state index contributed by atoms with van der Waals surface area (Å²) >= 11 is 3.31. The summed E-state index contributed by atoms with van der Waals surface area (Å²) in [6.07, 6.45) is 7.47. The standard InChI is InChI=1S/C14H17BrFN/c15-14-11(5-3-7-13(14)16)8-10-4-1-2-6-12(17)9-10/h3,5,7,9,12H,1-2,4,6,8,17H2. The molecule has 3 heteroatoms. The Hall–Kier alpha value is -0.670. The summed E-state index contributed by atoms with van der Waals surface area (Å²) in [5, 5.41) is 0. The summed E-state index contributed by atoms with van der Waals surface area (Å²) in [7, 11) is 0. The summed E-state index contributed by atoms with van der Waals surface area (Å²) in [6.45, 7) is 0. The zero-order chi connectivity index (χ0) is 12.3. The lowest BCUT2D eigenvalue weighted by Crippen LogP contribution is -2.16. The van der Waals surface area contributed by atoms with Gasteiger partial charge in [0.2, 0.25) is 0 Å². The number of hydrogen-bond acceptors (Lipinski definition) is 1. The van der Waals surface area contributed by atoms with Crippen molar-refractivity contribution >= 4 is 15.9 Å². The average Bonchev–Trinajstić information content (AvgIpc) is 2.49. The molecule has 0 spiro atoms. The van der Waals surface area contributed by atoms with Crippen LogP contribution in [0.25, 0.3) is 0 Å². The Balaban J connectivity index is 2.17. The molecule has 1 unspecified atom stereocenters. The maximum atomic E-state index is 13.4. The molecule has 2 rings (SSSR count). The van der Waals surface area contributed by atoms with Crippen molar-refractivity contribution in [3.05, 3.63) is 45.7 Å². The van der Waals surface area contributed by atoms with Crippen molar-refractivity contribution in [3.8, 4) is 0 Å². The zero-order valence-corrected chi connectivity index (χ0v) is 11.3. The molecule has 0 radical (unpaired) electrons. The van der Waals surface area contributed by atoms with Crippen LogP contribution in [-0.2, 0) is 6.42 Å². The second kappa shape index (κ2) is 5.78. The molecule has 0 saturated carbocycles. The van der Waals surface area contributed by atoms with E-state index < -0.39 is 0 Å². The SMILES string of the molecule is NC1C=C(Cc2cccc(F)c2Br)CCCC1. The van der Waals surface area contributed by atoms with E-state index in [1.54, 1.807) is 6.07 Å². The first-order chi connectivity index (χ1) is 8.16. The predicted molar refractivity (Wildman–Crippen MR) is 72.3 cm³/mol. The van der Waals surface area contributed by atoms with E-state index in [0.717, 1.165) is 24.8 Å². The summed E-state index contributed by atoms with van der Waals surface area (Å²) in [4.78, 5) is 0. The normalized spacial score (nSPS) is 20.9. The van der Waals surface area contributed by atoms with Gasteiger partial charge in [0, 0.05) is 6.04 Å². The molecule has 0 aromatic heterocycles. The van der Waals surface area contributed by atoms with E-state index in [0.29, 0.717) is 4.47 Å². The second-order valence-corrected chi connectivity index (χ2v) is 5.42. The van der Waals surface area contributed by atoms with E-state index in [-0.39, 0.29) is 11.9 Å². The number of nitrogens with two attached hydrogens (primary N) is 1. The molecule has 0 amide bonds. The molecule has 0 bridgehead atoms. The van der Waals surface area contributed by atoms with E-state index in [2.05, 4.69) is 22.0 Å². The molecule has 1 aliphatic carbocycles. The van der Waals surface area contributed by atoms with Crippen LogP contribution >= 0.6 is 15.9 Å². The number of halogens is 2. The lowest BCUT2D eigenvalue weighted by atomic mass is 10.0. The minimum Gasteiger partial charge on any atom is -0.324 e. The molecule has 1 aliphatic rings. The fourth-order valence-corrected chi connectivity index (χ4v) is 2.68. The Morgan fingerprint density at radius 2 is 2.18 bits per heavy atom. The number of rotatable bonds is 2. The Kier molecular flexibility index (Phi) is 4.35. The molecule has 2 N–H and O–H groups in total. The highest BCUT2D eigenvalue weighted by molar-refractivity contribution is 9.10.